The van der Waals surface area contributed by atoms with Crippen LogP contribution in [0, 0.1) is 5.41 Å². The van der Waals surface area contributed by atoms with Gasteiger partial charge in [-0.3, -0.25) is 4.79 Å². The topological polar surface area (TPSA) is 49.3 Å². The molecule has 2 rings (SSSR count). The molecule has 0 spiro atoms. The number of hydrogen-bond acceptors (Lipinski definition) is 2. The van der Waals surface area contributed by atoms with Gasteiger partial charge in [-0.1, -0.05) is 42.8 Å². The predicted octanol–water partition coefficient (Wildman–Crippen LogP) is 2.96. The molecule has 0 bridgehead atoms. The second-order valence-electron chi connectivity index (χ2n) is 6.21. The highest BCUT2D eigenvalue weighted by Gasteiger charge is 2.32. The van der Waals surface area contributed by atoms with Crippen LogP contribution in [0.5, 0.6) is 0 Å². The Morgan fingerprint density at radius 2 is 2.16 bits per heavy atom. The Morgan fingerprint density at radius 1 is 1.47 bits per heavy atom. The van der Waals surface area contributed by atoms with Crippen molar-refractivity contribution in [2.24, 2.45) is 5.41 Å². The molecule has 0 heterocycles. The molecule has 2 N–H and O–H groups in total. The highest BCUT2D eigenvalue weighted by atomic mass is 79.9. The molecule has 1 unspecified atom stereocenters. The summed E-state index contributed by atoms with van der Waals surface area (Å²) in [6, 6.07) is 6.15. The van der Waals surface area contributed by atoms with Crippen LogP contribution in [0.4, 0.5) is 0 Å². The van der Waals surface area contributed by atoms with E-state index in [1.807, 2.05) is 32.9 Å². The summed E-state index contributed by atoms with van der Waals surface area (Å²) < 4.78 is 1.06. The van der Waals surface area contributed by atoms with Crippen LogP contribution in [0.1, 0.15) is 44.4 Å². The van der Waals surface area contributed by atoms with E-state index in [-0.39, 0.29) is 11.9 Å². The van der Waals surface area contributed by atoms with E-state index < -0.39 is 11.5 Å². The van der Waals surface area contributed by atoms with Crippen LogP contribution in [-0.4, -0.2) is 17.1 Å². The molecule has 104 valence electrons. The van der Waals surface area contributed by atoms with Crippen molar-refractivity contribution in [3.63, 3.8) is 0 Å². The summed E-state index contributed by atoms with van der Waals surface area (Å²) in [5.41, 5.74) is 1.99. The van der Waals surface area contributed by atoms with E-state index in [0.717, 1.165) is 22.9 Å². The lowest BCUT2D eigenvalue weighted by molar-refractivity contribution is -0.135. The van der Waals surface area contributed by atoms with E-state index in [2.05, 4.69) is 27.3 Å². The third kappa shape index (κ3) is 3.18. The molecule has 1 aliphatic carbocycles. The van der Waals surface area contributed by atoms with Crippen molar-refractivity contribution in [1.29, 1.82) is 0 Å². The van der Waals surface area contributed by atoms with Crippen LogP contribution in [-0.2, 0) is 11.2 Å². The molecule has 0 saturated heterocycles. The third-order valence-electron chi connectivity index (χ3n) is 3.57. The normalized spacial score (nSPS) is 19.9. The van der Waals surface area contributed by atoms with E-state index in [9.17, 15) is 9.90 Å². The maximum atomic E-state index is 12.1. The Bertz CT molecular complexity index is 493. The van der Waals surface area contributed by atoms with Gasteiger partial charge in [0.15, 0.2) is 0 Å². The lowest BCUT2D eigenvalue weighted by Gasteiger charge is -2.26. The number of fused-ring (bicyclic) bond motifs is 1. The summed E-state index contributed by atoms with van der Waals surface area (Å²) in [7, 11) is 0. The van der Waals surface area contributed by atoms with Gasteiger partial charge >= 0.3 is 0 Å². The Hall–Kier alpha value is -0.870. The van der Waals surface area contributed by atoms with Crippen molar-refractivity contribution in [2.45, 2.75) is 45.8 Å². The molecule has 2 atom stereocenters. The number of rotatable bonds is 2. The highest BCUT2D eigenvalue weighted by molar-refractivity contribution is 9.10. The zero-order chi connectivity index (χ0) is 14.2. The second kappa shape index (κ2) is 5.25. The molecule has 0 aromatic heterocycles. The van der Waals surface area contributed by atoms with Gasteiger partial charge in [-0.05, 0) is 41.5 Å². The number of benzene rings is 1. The van der Waals surface area contributed by atoms with E-state index in [4.69, 9.17) is 0 Å². The number of carbonyl (C=O) groups excluding carboxylic acids is 1. The van der Waals surface area contributed by atoms with Gasteiger partial charge in [-0.25, -0.2) is 0 Å². The number of aryl methyl sites for hydroxylation is 1. The molecule has 1 aromatic carbocycles. The zero-order valence-corrected chi connectivity index (χ0v) is 13.1. The van der Waals surface area contributed by atoms with Crippen LogP contribution in [0.25, 0.3) is 0 Å². The van der Waals surface area contributed by atoms with Gasteiger partial charge in [-0.2, -0.15) is 0 Å². The molecule has 1 aromatic rings. The van der Waals surface area contributed by atoms with Crippen LogP contribution in [0.3, 0.4) is 0 Å². The van der Waals surface area contributed by atoms with Gasteiger partial charge in [0.05, 0.1) is 6.04 Å². The van der Waals surface area contributed by atoms with E-state index in [1.165, 1.54) is 5.56 Å². The average molecular weight is 326 g/mol. The smallest absolute Gasteiger partial charge is 0.249 e. The summed E-state index contributed by atoms with van der Waals surface area (Å²) in [4.78, 5) is 12.1. The average Bonchev–Trinajstić information content (AvgIpc) is 2.69. The molecule has 0 aliphatic heterocycles. The molecule has 0 fully saturated rings. The standard InChI is InChI=1S/C15H20BrNO2/c1-15(2,3)13(18)14(19)17-12-7-4-9-8-10(16)5-6-11(9)12/h5-6,8,12-13,18H,4,7H2,1-3H3,(H,17,19)/t12-,13?/m1/s1. The van der Waals surface area contributed by atoms with Crippen molar-refractivity contribution in [1.82, 2.24) is 5.32 Å². The maximum absolute atomic E-state index is 12.1. The first kappa shape index (κ1) is 14.5. The molecule has 0 radical (unpaired) electrons. The number of hydrogen-bond donors (Lipinski definition) is 2. The first-order valence-electron chi connectivity index (χ1n) is 6.56. The third-order valence-corrected chi connectivity index (χ3v) is 4.06. The van der Waals surface area contributed by atoms with Crippen LogP contribution in [0.15, 0.2) is 22.7 Å². The maximum Gasteiger partial charge on any atom is 0.249 e. The van der Waals surface area contributed by atoms with Crippen molar-refractivity contribution in [3.05, 3.63) is 33.8 Å². The van der Waals surface area contributed by atoms with Gasteiger partial charge in [0.2, 0.25) is 5.91 Å². The largest absolute Gasteiger partial charge is 0.383 e. The minimum absolute atomic E-state index is 0.0209. The monoisotopic (exact) mass is 325 g/mol. The number of halogens is 1. The van der Waals surface area contributed by atoms with Gasteiger partial charge in [0, 0.05) is 4.47 Å². The fourth-order valence-corrected chi connectivity index (χ4v) is 2.79. The highest BCUT2D eigenvalue weighted by Crippen LogP contribution is 2.33. The molecular weight excluding hydrogens is 306 g/mol. The first-order valence-corrected chi connectivity index (χ1v) is 7.35. The Morgan fingerprint density at radius 3 is 2.79 bits per heavy atom. The van der Waals surface area contributed by atoms with E-state index in [0.29, 0.717) is 0 Å². The lowest BCUT2D eigenvalue weighted by Crippen LogP contribution is -2.43. The van der Waals surface area contributed by atoms with Crippen molar-refractivity contribution in [2.75, 3.05) is 0 Å². The van der Waals surface area contributed by atoms with Gasteiger partial charge < -0.3 is 10.4 Å². The zero-order valence-electron chi connectivity index (χ0n) is 11.5. The number of amides is 1. The van der Waals surface area contributed by atoms with Crippen LogP contribution < -0.4 is 5.32 Å². The Kier molecular flexibility index (Phi) is 4.02. The minimum atomic E-state index is -0.980. The number of carbonyl (C=O) groups is 1. The second-order valence-corrected chi connectivity index (χ2v) is 7.13. The molecule has 19 heavy (non-hydrogen) atoms. The molecule has 1 amide bonds. The fourth-order valence-electron chi connectivity index (χ4n) is 2.38. The van der Waals surface area contributed by atoms with Gasteiger partial charge in [-0.15, -0.1) is 0 Å². The summed E-state index contributed by atoms with van der Waals surface area (Å²) in [5.74, 6) is -0.284. The molecule has 3 nitrogen and oxygen atoms in total. The molecular formula is C15H20BrNO2. The Balaban J connectivity index is 2.09. The van der Waals surface area contributed by atoms with E-state index >= 15 is 0 Å². The summed E-state index contributed by atoms with van der Waals surface area (Å²) in [6.07, 6.45) is 0.881. The molecule has 0 saturated carbocycles. The van der Waals surface area contributed by atoms with E-state index in [1.54, 1.807) is 0 Å². The van der Waals surface area contributed by atoms with Gasteiger partial charge in [0.1, 0.15) is 6.10 Å². The lowest BCUT2D eigenvalue weighted by atomic mass is 9.88. The quantitative estimate of drug-likeness (QED) is 0.878. The minimum Gasteiger partial charge on any atom is -0.383 e. The molecule has 4 heteroatoms. The van der Waals surface area contributed by atoms with Crippen LogP contribution >= 0.6 is 15.9 Å². The van der Waals surface area contributed by atoms with Crippen LogP contribution in [0.2, 0.25) is 0 Å². The summed E-state index contributed by atoms with van der Waals surface area (Å²) in [5, 5.41) is 12.9. The van der Waals surface area contributed by atoms with Crippen molar-refractivity contribution in [3.8, 4) is 0 Å². The predicted molar refractivity (Wildman–Crippen MR) is 78.8 cm³/mol. The number of nitrogens with one attached hydrogen (secondary N) is 1. The first-order chi connectivity index (χ1) is 8.79. The Labute approximate surface area is 122 Å². The van der Waals surface area contributed by atoms with Gasteiger partial charge in [0.25, 0.3) is 0 Å². The van der Waals surface area contributed by atoms with Crippen molar-refractivity contribution < 1.29 is 9.90 Å². The van der Waals surface area contributed by atoms with Crippen molar-refractivity contribution >= 4 is 21.8 Å². The SMILES string of the molecule is CC(C)(C)C(O)C(=O)N[C@@H]1CCc2cc(Br)ccc21. The summed E-state index contributed by atoms with van der Waals surface area (Å²) in [6.45, 7) is 5.57. The number of aliphatic hydroxyl groups excluding tert-OH is 1. The fraction of sp³-hybridized carbons (Fsp3) is 0.533. The number of aliphatic hydroxyl groups is 1. The summed E-state index contributed by atoms with van der Waals surface area (Å²) >= 11 is 3.46. The molecule has 1 aliphatic rings.